The molecule has 2 heterocycles. The van der Waals surface area contributed by atoms with Crippen LogP contribution in [0.25, 0.3) is 0 Å². The fourth-order valence-corrected chi connectivity index (χ4v) is 2.11. The highest BCUT2D eigenvalue weighted by Gasteiger charge is 2.30. The molecule has 0 atom stereocenters. The number of amides is 3. The predicted molar refractivity (Wildman–Crippen MR) is 70.5 cm³/mol. The van der Waals surface area contributed by atoms with Gasteiger partial charge >= 0.3 is 0 Å². The highest BCUT2D eigenvalue weighted by atomic mass is 16.6. The zero-order valence-electron chi connectivity index (χ0n) is 11.5. The van der Waals surface area contributed by atoms with E-state index in [-0.39, 0.29) is 30.5 Å². The fourth-order valence-electron chi connectivity index (χ4n) is 2.11. The number of piperazine rings is 1. The maximum Gasteiger partial charge on any atom is 0.287 e. The van der Waals surface area contributed by atoms with Gasteiger partial charge in [-0.3, -0.25) is 29.8 Å². The van der Waals surface area contributed by atoms with Crippen LogP contribution in [0, 0.1) is 10.1 Å². The van der Waals surface area contributed by atoms with E-state index in [2.05, 4.69) is 5.32 Å². The Kier molecular flexibility index (Phi) is 3.74. The molecule has 1 aromatic heterocycles. The van der Waals surface area contributed by atoms with Crippen molar-refractivity contribution in [3.05, 3.63) is 28.1 Å². The average molecular weight is 294 g/mol. The van der Waals surface area contributed by atoms with Gasteiger partial charge in [-0.15, -0.1) is 0 Å². The van der Waals surface area contributed by atoms with Crippen molar-refractivity contribution in [3.63, 3.8) is 0 Å². The average Bonchev–Trinajstić information content (AvgIpc) is 2.81. The molecule has 2 rings (SSSR count). The maximum atomic E-state index is 12.4. The molecule has 3 amide bonds. The number of carbonyl (C=O) groups excluding carboxylic acids is 3. The summed E-state index contributed by atoms with van der Waals surface area (Å²) in [5.41, 5.74) is -0.126. The molecule has 1 aliphatic rings. The Morgan fingerprint density at radius 1 is 1.33 bits per heavy atom. The van der Waals surface area contributed by atoms with Gasteiger partial charge in [0.25, 0.3) is 11.6 Å². The fraction of sp³-hybridized carbons (Fsp3) is 0.417. The van der Waals surface area contributed by atoms with E-state index >= 15 is 0 Å². The van der Waals surface area contributed by atoms with Crippen LogP contribution in [0.3, 0.4) is 0 Å². The van der Waals surface area contributed by atoms with Crippen molar-refractivity contribution in [2.24, 2.45) is 0 Å². The van der Waals surface area contributed by atoms with Crippen LogP contribution in [-0.2, 0) is 9.59 Å². The standard InChI is InChI=1S/C12H14N4O5/c1-7(2)15-4-8(16(20)21)3-9(15)12(19)14-5-10(17)13-11(18)6-14/h3-4,7H,5-6H2,1-2H3,(H,13,17,18). The van der Waals surface area contributed by atoms with Crippen LogP contribution in [0.1, 0.15) is 30.4 Å². The number of nitro groups is 1. The lowest BCUT2D eigenvalue weighted by Gasteiger charge is -2.26. The van der Waals surface area contributed by atoms with Crippen molar-refractivity contribution in [3.8, 4) is 0 Å². The zero-order chi connectivity index (χ0) is 15.7. The van der Waals surface area contributed by atoms with Gasteiger partial charge in [-0.1, -0.05) is 0 Å². The molecule has 0 unspecified atom stereocenters. The molecule has 9 nitrogen and oxygen atoms in total. The summed E-state index contributed by atoms with van der Waals surface area (Å²) >= 11 is 0. The number of imide groups is 1. The predicted octanol–water partition coefficient (Wildman–Crippen LogP) is 0.0758. The first-order chi connectivity index (χ1) is 9.79. The molecule has 0 bridgehead atoms. The second-order valence-electron chi connectivity index (χ2n) is 4.97. The first kappa shape index (κ1) is 14.7. The molecule has 1 aliphatic heterocycles. The first-order valence-corrected chi connectivity index (χ1v) is 6.28. The third kappa shape index (κ3) is 2.91. The molecule has 0 saturated carbocycles. The van der Waals surface area contributed by atoms with Crippen LogP contribution in [0.5, 0.6) is 0 Å². The monoisotopic (exact) mass is 294 g/mol. The Hall–Kier alpha value is -2.71. The van der Waals surface area contributed by atoms with Crippen LogP contribution in [0.2, 0.25) is 0 Å². The summed E-state index contributed by atoms with van der Waals surface area (Å²) in [6.45, 7) is 3.05. The van der Waals surface area contributed by atoms with Gasteiger partial charge in [0.2, 0.25) is 11.8 Å². The molecule has 9 heteroatoms. The Morgan fingerprint density at radius 2 is 1.90 bits per heavy atom. The Balaban J connectivity index is 2.36. The molecule has 0 aliphatic carbocycles. The van der Waals surface area contributed by atoms with Crippen LogP contribution in [0.15, 0.2) is 12.3 Å². The SMILES string of the molecule is CC(C)n1cc([N+](=O)[O-])cc1C(=O)N1CC(=O)NC(=O)C1. The first-order valence-electron chi connectivity index (χ1n) is 6.28. The maximum absolute atomic E-state index is 12.4. The molecule has 112 valence electrons. The smallest absolute Gasteiger partial charge is 0.287 e. The minimum atomic E-state index is -0.594. The second-order valence-corrected chi connectivity index (χ2v) is 4.97. The van der Waals surface area contributed by atoms with E-state index in [1.54, 1.807) is 13.8 Å². The summed E-state index contributed by atoms with van der Waals surface area (Å²) < 4.78 is 1.46. The number of hydrogen-bond acceptors (Lipinski definition) is 5. The van der Waals surface area contributed by atoms with E-state index in [4.69, 9.17) is 0 Å². The largest absolute Gasteiger partial charge is 0.335 e. The van der Waals surface area contributed by atoms with Gasteiger partial charge in [0.05, 0.1) is 11.1 Å². The van der Waals surface area contributed by atoms with E-state index < -0.39 is 22.6 Å². The number of nitrogens with zero attached hydrogens (tertiary/aromatic N) is 3. The van der Waals surface area contributed by atoms with Crippen molar-refractivity contribution < 1.29 is 19.3 Å². The van der Waals surface area contributed by atoms with Crippen LogP contribution < -0.4 is 5.32 Å². The highest BCUT2D eigenvalue weighted by molar-refractivity contribution is 6.05. The van der Waals surface area contributed by atoms with Crippen molar-refractivity contribution in [2.45, 2.75) is 19.9 Å². The lowest BCUT2D eigenvalue weighted by molar-refractivity contribution is -0.384. The third-order valence-corrected chi connectivity index (χ3v) is 3.06. The third-order valence-electron chi connectivity index (χ3n) is 3.06. The molecule has 1 N–H and O–H groups in total. The summed E-state index contributed by atoms with van der Waals surface area (Å²) in [7, 11) is 0. The van der Waals surface area contributed by atoms with E-state index in [9.17, 15) is 24.5 Å². The van der Waals surface area contributed by atoms with Crippen molar-refractivity contribution in [1.82, 2.24) is 14.8 Å². The van der Waals surface area contributed by atoms with Crippen LogP contribution in [0.4, 0.5) is 5.69 Å². The molecule has 1 saturated heterocycles. The number of hydrogen-bond donors (Lipinski definition) is 1. The molecule has 21 heavy (non-hydrogen) atoms. The summed E-state index contributed by atoms with van der Waals surface area (Å²) in [4.78, 5) is 46.3. The van der Waals surface area contributed by atoms with Crippen LogP contribution in [-0.4, -0.2) is 45.2 Å². The number of nitrogens with one attached hydrogen (secondary N) is 1. The quantitative estimate of drug-likeness (QED) is 0.481. The molecular weight excluding hydrogens is 280 g/mol. The van der Waals surface area contributed by atoms with Gasteiger partial charge in [0, 0.05) is 12.1 Å². The van der Waals surface area contributed by atoms with Gasteiger partial charge in [-0.2, -0.15) is 0 Å². The van der Waals surface area contributed by atoms with E-state index in [1.165, 1.54) is 10.8 Å². The molecule has 1 aromatic rings. The van der Waals surface area contributed by atoms with Gasteiger partial charge in [0.1, 0.15) is 18.8 Å². The number of carbonyl (C=O) groups is 3. The Morgan fingerprint density at radius 3 is 2.38 bits per heavy atom. The molecule has 1 fully saturated rings. The van der Waals surface area contributed by atoms with Crippen molar-refractivity contribution in [1.29, 1.82) is 0 Å². The van der Waals surface area contributed by atoms with Gasteiger partial charge < -0.3 is 9.47 Å². The van der Waals surface area contributed by atoms with Gasteiger partial charge in [-0.25, -0.2) is 0 Å². The lowest BCUT2D eigenvalue weighted by Crippen LogP contribution is -2.53. The minimum Gasteiger partial charge on any atom is -0.335 e. The summed E-state index contributed by atoms with van der Waals surface area (Å²) in [6, 6.07) is 0.978. The minimum absolute atomic E-state index is 0.0826. The van der Waals surface area contributed by atoms with Gasteiger partial charge in [-0.05, 0) is 13.8 Å². The Bertz CT molecular complexity index is 618. The van der Waals surface area contributed by atoms with E-state index in [0.717, 1.165) is 11.0 Å². The highest BCUT2D eigenvalue weighted by Crippen LogP contribution is 2.22. The zero-order valence-corrected chi connectivity index (χ0v) is 11.5. The molecular formula is C12H14N4O5. The van der Waals surface area contributed by atoms with Crippen molar-refractivity contribution in [2.75, 3.05) is 13.1 Å². The van der Waals surface area contributed by atoms with Gasteiger partial charge in [0.15, 0.2) is 0 Å². The summed E-state index contributed by atoms with van der Waals surface area (Å²) in [5.74, 6) is -1.73. The lowest BCUT2D eigenvalue weighted by atomic mass is 10.2. The number of rotatable bonds is 3. The van der Waals surface area contributed by atoms with Crippen molar-refractivity contribution >= 4 is 23.4 Å². The molecule has 0 aromatic carbocycles. The molecule has 0 radical (unpaired) electrons. The molecule has 0 spiro atoms. The normalized spacial score (nSPS) is 15.3. The number of aromatic nitrogens is 1. The topological polar surface area (TPSA) is 115 Å². The Labute approximate surface area is 119 Å². The summed E-state index contributed by atoms with van der Waals surface area (Å²) in [6.07, 6.45) is 1.27. The second kappa shape index (κ2) is 5.35. The van der Waals surface area contributed by atoms with Crippen LogP contribution >= 0.6 is 0 Å². The summed E-state index contributed by atoms with van der Waals surface area (Å²) in [5, 5.41) is 12.9. The van der Waals surface area contributed by atoms with E-state index in [0.29, 0.717) is 0 Å². The van der Waals surface area contributed by atoms with E-state index in [1.807, 2.05) is 0 Å².